The SMILES string of the molecule is CCOC(=O)c1cc(C(F)F)c(N)nc1Cl. The fraction of sp³-hybridized carbons (Fsp3) is 0.333. The predicted molar refractivity (Wildman–Crippen MR) is 54.6 cm³/mol. The van der Waals surface area contributed by atoms with Crippen molar-refractivity contribution in [2.75, 3.05) is 12.3 Å². The first-order chi connectivity index (χ1) is 7.47. The highest BCUT2D eigenvalue weighted by molar-refractivity contribution is 6.32. The van der Waals surface area contributed by atoms with Gasteiger partial charge in [-0.25, -0.2) is 18.6 Å². The second-order valence-electron chi connectivity index (χ2n) is 2.82. The molecule has 2 N–H and O–H groups in total. The van der Waals surface area contributed by atoms with Crippen LogP contribution in [-0.4, -0.2) is 17.6 Å². The Hall–Kier alpha value is -1.43. The van der Waals surface area contributed by atoms with Gasteiger partial charge in [-0.1, -0.05) is 11.6 Å². The molecule has 4 nitrogen and oxygen atoms in total. The van der Waals surface area contributed by atoms with Gasteiger partial charge in [0.2, 0.25) is 0 Å². The highest BCUT2D eigenvalue weighted by Gasteiger charge is 2.20. The van der Waals surface area contributed by atoms with E-state index in [9.17, 15) is 13.6 Å². The largest absolute Gasteiger partial charge is 0.462 e. The number of ether oxygens (including phenoxy) is 1. The second kappa shape index (κ2) is 5.07. The van der Waals surface area contributed by atoms with Crippen LogP contribution in [0.5, 0.6) is 0 Å². The van der Waals surface area contributed by atoms with Crippen LogP contribution in [0.3, 0.4) is 0 Å². The fourth-order valence-electron chi connectivity index (χ4n) is 1.05. The molecule has 0 spiro atoms. The van der Waals surface area contributed by atoms with Crippen molar-refractivity contribution in [3.8, 4) is 0 Å². The maximum absolute atomic E-state index is 12.5. The van der Waals surface area contributed by atoms with Gasteiger partial charge in [-0.3, -0.25) is 0 Å². The van der Waals surface area contributed by atoms with E-state index in [4.69, 9.17) is 17.3 Å². The third-order valence-electron chi connectivity index (χ3n) is 1.77. The van der Waals surface area contributed by atoms with E-state index >= 15 is 0 Å². The molecular weight excluding hydrogens is 242 g/mol. The van der Waals surface area contributed by atoms with E-state index in [1.54, 1.807) is 6.92 Å². The summed E-state index contributed by atoms with van der Waals surface area (Å²) in [5.74, 6) is -1.20. The van der Waals surface area contributed by atoms with E-state index in [-0.39, 0.29) is 17.3 Å². The number of halogens is 3. The summed E-state index contributed by atoms with van der Waals surface area (Å²) in [6.45, 7) is 1.70. The molecule has 16 heavy (non-hydrogen) atoms. The Labute approximate surface area is 95.4 Å². The molecule has 0 unspecified atom stereocenters. The number of nitrogens with two attached hydrogens (primary N) is 1. The number of esters is 1. The first-order valence-corrected chi connectivity index (χ1v) is 4.76. The summed E-state index contributed by atoms with van der Waals surface area (Å²) >= 11 is 5.60. The third-order valence-corrected chi connectivity index (χ3v) is 2.06. The average molecular weight is 251 g/mol. The molecule has 7 heteroatoms. The lowest BCUT2D eigenvalue weighted by atomic mass is 10.2. The number of anilines is 1. The minimum absolute atomic E-state index is 0.115. The molecule has 0 aliphatic heterocycles. The molecule has 0 saturated heterocycles. The van der Waals surface area contributed by atoms with Crippen molar-refractivity contribution < 1.29 is 18.3 Å². The van der Waals surface area contributed by atoms with Gasteiger partial charge in [0.1, 0.15) is 11.0 Å². The van der Waals surface area contributed by atoms with E-state index in [0.717, 1.165) is 6.07 Å². The van der Waals surface area contributed by atoms with Crippen LogP contribution in [0, 0.1) is 0 Å². The summed E-state index contributed by atoms with van der Waals surface area (Å²) in [6, 6.07) is 0.896. The lowest BCUT2D eigenvalue weighted by Crippen LogP contribution is -2.09. The molecule has 88 valence electrons. The Morgan fingerprint density at radius 3 is 2.81 bits per heavy atom. The molecular formula is C9H9ClF2N2O2. The lowest BCUT2D eigenvalue weighted by molar-refractivity contribution is 0.0525. The first kappa shape index (κ1) is 12.6. The zero-order valence-corrected chi connectivity index (χ0v) is 9.09. The maximum atomic E-state index is 12.5. The van der Waals surface area contributed by atoms with Gasteiger partial charge in [-0.05, 0) is 13.0 Å². The second-order valence-corrected chi connectivity index (χ2v) is 3.18. The zero-order chi connectivity index (χ0) is 12.3. The highest BCUT2D eigenvalue weighted by atomic mass is 35.5. The van der Waals surface area contributed by atoms with E-state index in [2.05, 4.69) is 9.72 Å². The van der Waals surface area contributed by atoms with E-state index < -0.39 is 23.8 Å². The molecule has 0 bridgehead atoms. The van der Waals surface area contributed by atoms with Gasteiger partial charge in [0.25, 0.3) is 6.43 Å². The summed E-state index contributed by atoms with van der Waals surface area (Å²) in [5, 5.41) is -0.250. The van der Waals surface area contributed by atoms with E-state index in [1.165, 1.54) is 0 Å². The molecule has 1 aromatic heterocycles. The van der Waals surface area contributed by atoms with Crippen LogP contribution in [0.2, 0.25) is 5.15 Å². The van der Waals surface area contributed by atoms with Crippen molar-refractivity contribution in [1.82, 2.24) is 4.98 Å². The molecule has 1 heterocycles. The molecule has 0 saturated carbocycles. The van der Waals surface area contributed by atoms with Crippen molar-refractivity contribution in [3.05, 3.63) is 22.3 Å². The molecule has 0 aliphatic rings. The van der Waals surface area contributed by atoms with Crippen LogP contribution < -0.4 is 5.73 Å². The molecule has 0 radical (unpaired) electrons. The number of hydrogen-bond acceptors (Lipinski definition) is 4. The number of alkyl halides is 2. The summed E-state index contributed by atoms with van der Waals surface area (Å²) in [5.41, 5.74) is 4.49. The number of nitrogens with zero attached hydrogens (tertiary/aromatic N) is 1. The number of carbonyl (C=O) groups excluding carboxylic acids is 1. The summed E-state index contributed by atoms with van der Waals surface area (Å²) in [6.07, 6.45) is -2.82. The molecule has 0 fully saturated rings. The van der Waals surface area contributed by atoms with E-state index in [1.807, 2.05) is 0 Å². The van der Waals surface area contributed by atoms with Gasteiger partial charge in [0.05, 0.1) is 17.7 Å². The van der Waals surface area contributed by atoms with Crippen LogP contribution in [0.25, 0.3) is 0 Å². The van der Waals surface area contributed by atoms with E-state index in [0.29, 0.717) is 0 Å². The van der Waals surface area contributed by atoms with Crippen molar-refractivity contribution in [1.29, 1.82) is 0 Å². The maximum Gasteiger partial charge on any atom is 0.341 e. The standard InChI is InChI=1S/C9H9ClF2N2O2/c1-2-16-9(15)4-3-5(7(11)12)8(13)14-6(4)10/h3,7H,2H2,1H3,(H2,13,14). The zero-order valence-electron chi connectivity index (χ0n) is 8.34. The van der Waals surface area contributed by atoms with Crippen molar-refractivity contribution in [2.45, 2.75) is 13.3 Å². The summed E-state index contributed by atoms with van der Waals surface area (Å²) in [7, 11) is 0. The van der Waals surface area contributed by atoms with Gasteiger partial charge in [-0.15, -0.1) is 0 Å². The van der Waals surface area contributed by atoms with Crippen LogP contribution in [0.15, 0.2) is 6.07 Å². The normalized spacial score (nSPS) is 10.6. The Morgan fingerprint density at radius 2 is 2.31 bits per heavy atom. The minimum Gasteiger partial charge on any atom is -0.462 e. The Bertz CT molecular complexity index is 413. The van der Waals surface area contributed by atoms with Gasteiger partial charge in [-0.2, -0.15) is 0 Å². The molecule has 0 amide bonds. The van der Waals surface area contributed by atoms with Gasteiger partial charge in [0, 0.05) is 0 Å². The Kier molecular flexibility index (Phi) is 4.00. The molecule has 1 rings (SSSR count). The van der Waals surface area contributed by atoms with Gasteiger partial charge in [0.15, 0.2) is 0 Å². The molecule has 1 aromatic rings. The number of nitrogen functional groups attached to an aromatic ring is 1. The third kappa shape index (κ3) is 2.57. The average Bonchev–Trinajstić information content (AvgIpc) is 2.17. The predicted octanol–water partition coefficient (Wildman–Crippen LogP) is 2.43. The van der Waals surface area contributed by atoms with Crippen LogP contribution in [0.4, 0.5) is 14.6 Å². The number of carbonyl (C=O) groups is 1. The lowest BCUT2D eigenvalue weighted by Gasteiger charge is -2.08. The van der Waals surface area contributed by atoms with Crippen molar-refractivity contribution >= 4 is 23.4 Å². The molecule has 0 atom stereocenters. The Balaban J connectivity index is 3.19. The topological polar surface area (TPSA) is 65.2 Å². The fourth-order valence-corrected chi connectivity index (χ4v) is 1.27. The van der Waals surface area contributed by atoms with Gasteiger partial charge < -0.3 is 10.5 Å². The summed E-state index contributed by atoms with van der Waals surface area (Å²) < 4.78 is 29.6. The van der Waals surface area contributed by atoms with Crippen LogP contribution >= 0.6 is 11.6 Å². The van der Waals surface area contributed by atoms with Crippen molar-refractivity contribution in [2.24, 2.45) is 0 Å². The number of hydrogen-bond donors (Lipinski definition) is 1. The Morgan fingerprint density at radius 1 is 1.69 bits per heavy atom. The monoisotopic (exact) mass is 250 g/mol. The van der Waals surface area contributed by atoms with Crippen LogP contribution in [0.1, 0.15) is 29.3 Å². The minimum atomic E-state index is -2.82. The van der Waals surface area contributed by atoms with Crippen LogP contribution in [-0.2, 0) is 4.74 Å². The number of rotatable bonds is 3. The van der Waals surface area contributed by atoms with Gasteiger partial charge >= 0.3 is 5.97 Å². The smallest absolute Gasteiger partial charge is 0.341 e. The molecule has 0 aliphatic carbocycles. The number of aromatic nitrogens is 1. The summed E-state index contributed by atoms with van der Waals surface area (Å²) in [4.78, 5) is 14.8. The number of pyridine rings is 1. The van der Waals surface area contributed by atoms with Crippen molar-refractivity contribution in [3.63, 3.8) is 0 Å². The molecule has 0 aromatic carbocycles. The quantitative estimate of drug-likeness (QED) is 0.661. The highest BCUT2D eigenvalue weighted by Crippen LogP contribution is 2.28. The first-order valence-electron chi connectivity index (χ1n) is 4.38.